The number of methoxy groups -OCH3 is 1. The average Bonchev–Trinajstić information content (AvgIpc) is 2.41. The third-order valence-electron chi connectivity index (χ3n) is 4.30. The minimum absolute atomic E-state index is 0.148. The van der Waals surface area contributed by atoms with Crippen molar-refractivity contribution >= 4 is 11.9 Å². The molecule has 0 bridgehead atoms. The van der Waals surface area contributed by atoms with Crippen LogP contribution in [-0.4, -0.2) is 37.7 Å². The lowest BCUT2D eigenvalue weighted by Crippen LogP contribution is -2.46. The molecule has 21 heavy (non-hydrogen) atoms. The molecule has 0 radical (unpaired) electrons. The van der Waals surface area contributed by atoms with Gasteiger partial charge in [-0.15, -0.1) is 0 Å². The fraction of sp³-hybridized carbons (Fsp3) is 0.875. The number of amides is 1. The van der Waals surface area contributed by atoms with Gasteiger partial charge < -0.3 is 14.8 Å². The van der Waals surface area contributed by atoms with Crippen LogP contribution in [0.15, 0.2) is 0 Å². The summed E-state index contributed by atoms with van der Waals surface area (Å²) in [5, 5.41) is 2.59. The van der Waals surface area contributed by atoms with Gasteiger partial charge in [-0.25, -0.2) is 4.79 Å². The van der Waals surface area contributed by atoms with Crippen molar-refractivity contribution < 1.29 is 19.1 Å². The van der Waals surface area contributed by atoms with Crippen LogP contribution in [-0.2, 0) is 19.1 Å². The van der Waals surface area contributed by atoms with Gasteiger partial charge >= 0.3 is 5.97 Å². The van der Waals surface area contributed by atoms with Gasteiger partial charge in [0.15, 0.2) is 6.04 Å². The Kier molecular flexibility index (Phi) is 7.15. The van der Waals surface area contributed by atoms with Gasteiger partial charge in [0, 0.05) is 6.92 Å². The molecule has 1 aliphatic carbocycles. The van der Waals surface area contributed by atoms with Crippen molar-refractivity contribution in [1.29, 1.82) is 0 Å². The highest BCUT2D eigenvalue weighted by Crippen LogP contribution is 2.35. The third-order valence-corrected chi connectivity index (χ3v) is 4.30. The first-order chi connectivity index (χ1) is 9.85. The maximum Gasteiger partial charge on any atom is 0.330 e. The fourth-order valence-electron chi connectivity index (χ4n) is 3.08. The molecule has 1 aliphatic rings. The van der Waals surface area contributed by atoms with E-state index in [-0.39, 0.29) is 18.6 Å². The number of ether oxygens (including phenoxy) is 2. The van der Waals surface area contributed by atoms with E-state index in [0.29, 0.717) is 17.8 Å². The van der Waals surface area contributed by atoms with Crippen LogP contribution in [0.25, 0.3) is 0 Å². The van der Waals surface area contributed by atoms with Gasteiger partial charge in [0.25, 0.3) is 0 Å². The Hall–Kier alpha value is -1.10. The number of esters is 1. The van der Waals surface area contributed by atoms with Crippen LogP contribution in [0, 0.1) is 17.8 Å². The second-order valence-corrected chi connectivity index (χ2v) is 6.47. The Labute approximate surface area is 127 Å². The zero-order valence-electron chi connectivity index (χ0n) is 13.8. The number of carbonyl (C=O) groups is 2. The van der Waals surface area contributed by atoms with Crippen LogP contribution < -0.4 is 5.32 Å². The normalized spacial score (nSPS) is 27.2. The molecule has 0 aromatic heterocycles. The molecule has 1 fully saturated rings. The van der Waals surface area contributed by atoms with E-state index < -0.39 is 12.0 Å². The summed E-state index contributed by atoms with van der Waals surface area (Å²) in [6.45, 7) is 8.21. The highest BCUT2D eigenvalue weighted by molar-refractivity contribution is 5.83. The van der Waals surface area contributed by atoms with Gasteiger partial charge in [-0.2, -0.15) is 0 Å². The molecule has 122 valence electrons. The number of rotatable bonds is 6. The molecule has 1 saturated carbocycles. The lowest BCUT2D eigenvalue weighted by molar-refractivity contribution is -0.148. The van der Waals surface area contributed by atoms with E-state index >= 15 is 0 Å². The van der Waals surface area contributed by atoms with Gasteiger partial charge in [0.05, 0.1) is 19.8 Å². The van der Waals surface area contributed by atoms with Crippen LogP contribution in [0.2, 0.25) is 0 Å². The van der Waals surface area contributed by atoms with Gasteiger partial charge in [-0.1, -0.05) is 27.2 Å². The van der Waals surface area contributed by atoms with Crippen molar-refractivity contribution in [3.05, 3.63) is 0 Å². The summed E-state index contributed by atoms with van der Waals surface area (Å²) in [6, 6.07) is -0.724. The molecule has 0 aromatic carbocycles. The van der Waals surface area contributed by atoms with Gasteiger partial charge in [-0.05, 0) is 30.6 Å². The Morgan fingerprint density at radius 3 is 2.48 bits per heavy atom. The van der Waals surface area contributed by atoms with Crippen LogP contribution in [0.5, 0.6) is 0 Å². The predicted octanol–water partition coefficient (Wildman–Crippen LogP) is 2.14. The van der Waals surface area contributed by atoms with E-state index in [0.717, 1.165) is 12.8 Å². The lowest BCUT2D eigenvalue weighted by Gasteiger charge is -2.37. The summed E-state index contributed by atoms with van der Waals surface area (Å²) in [7, 11) is 1.32. The molecule has 4 atom stereocenters. The van der Waals surface area contributed by atoms with Crippen molar-refractivity contribution in [2.24, 2.45) is 17.8 Å². The molecule has 0 heterocycles. The first-order valence-corrected chi connectivity index (χ1v) is 7.81. The molecular weight excluding hydrogens is 270 g/mol. The Morgan fingerprint density at radius 1 is 1.29 bits per heavy atom. The SMILES string of the molecule is COC(=O)C(COC1CC(C)CCC1C(C)C)NC(C)=O. The second kappa shape index (κ2) is 8.37. The Bertz CT molecular complexity index is 356. The van der Waals surface area contributed by atoms with E-state index in [1.807, 2.05) is 0 Å². The van der Waals surface area contributed by atoms with Crippen molar-refractivity contribution in [3.8, 4) is 0 Å². The number of carbonyl (C=O) groups excluding carboxylic acids is 2. The van der Waals surface area contributed by atoms with Gasteiger partial charge in [0.2, 0.25) is 5.91 Å². The molecule has 0 aromatic rings. The van der Waals surface area contributed by atoms with Crippen molar-refractivity contribution in [3.63, 3.8) is 0 Å². The standard InChI is InChI=1S/C16H29NO4/c1-10(2)13-7-6-11(3)8-15(13)21-9-14(16(19)20-5)17-12(4)18/h10-11,13-15H,6-9H2,1-5H3,(H,17,18). The quantitative estimate of drug-likeness (QED) is 0.763. The minimum atomic E-state index is -0.724. The molecule has 5 heteroatoms. The molecule has 1 N–H and O–H groups in total. The van der Waals surface area contributed by atoms with E-state index in [4.69, 9.17) is 9.47 Å². The number of hydrogen-bond donors (Lipinski definition) is 1. The van der Waals surface area contributed by atoms with Crippen molar-refractivity contribution in [2.75, 3.05) is 13.7 Å². The Balaban J connectivity index is 2.62. The van der Waals surface area contributed by atoms with E-state index in [2.05, 4.69) is 26.1 Å². The predicted molar refractivity (Wildman–Crippen MR) is 80.7 cm³/mol. The molecule has 4 unspecified atom stereocenters. The van der Waals surface area contributed by atoms with Crippen molar-refractivity contribution in [2.45, 2.75) is 59.1 Å². The summed E-state index contributed by atoms with van der Waals surface area (Å²) in [4.78, 5) is 22.9. The number of hydrogen-bond acceptors (Lipinski definition) is 4. The van der Waals surface area contributed by atoms with Gasteiger partial charge in [-0.3, -0.25) is 4.79 Å². The van der Waals surface area contributed by atoms with E-state index in [9.17, 15) is 9.59 Å². The molecule has 0 aliphatic heterocycles. The lowest BCUT2D eigenvalue weighted by atomic mass is 9.75. The molecule has 0 saturated heterocycles. The second-order valence-electron chi connectivity index (χ2n) is 6.47. The topological polar surface area (TPSA) is 64.6 Å². The number of nitrogens with one attached hydrogen (secondary N) is 1. The summed E-state index contributed by atoms with van der Waals surface area (Å²) >= 11 is 0. The van der Waals surface area contributed by atoms with Crippen LogP contribution in [0.4, 0.5) is 0 Å². The van der Waals surface area contributed by atoms with Crippen LogP contribution in [0.1, 0.15) is 47.0 Å². The fourth-order valence-corrected chi connectivity index (χ4v) is 3.08. The Morgan fingerprint density at radius 2 is 1.95 bits per heavy atom. The van der Waals surface area contributed by atoms with E-state index in [1.54, 1.807) is 0 Å². The molecule has 0 spiro atoms. The highest BCUT2D eigenvalue weighted by atomic mass is 16.5. The average molecular weight is 299 g/mol. The smallest absolute Gasteiger partial charge is 0.330 e. The molecule has 1 rings (SSSR count). The molecule has 5 nitrogen and oxygen atoms in total. The highest BCUT2D eigenvalue weighted by Gasteiger charge is 2.32. The summed E-state index contributed by atoms with van der Waals surface area (Å²) in [6.07, 6.45) is 3.55. The zero-order chi connectivity index (χ0) is 16.0. The third kappa shape index (κ3) is 5.65. The maximum absolute atomic E-state index is 11.7. The van der Waals surface area contributed by atoms with Gasteiger partial charge in [0.1, 0.15) is 0 Å². The van der Waals surface area contributed by atoms with E-state index in [1.165, 1.54) is 20.5 Å². The largest absolute Gasteiger partial charge is 0.467 e. The van der Waals surface area contributed by atoms with Crippen molar-refractivity contribution in [1.82, 2.24) is 5.32 Å². The van der Waals surface area contributed by atoms with Crippen LogP contribution in [0.3, 0.4) is 0 Å². The summed E-state index contributed by atoms with van der Waals surface area (Å²) < 4.78 is 10.7. The summed E-state index contributed by atoms with van der Waals surface area (Å²) in [5.74, 6) is 0.987. The summed E-state index contributed by atoms with van der Waals surface area (Å²) in [5.41, 5.74) is 0. The molecular formula is C16H29NO4. The first-order valence-electron chi connectivity index (χ1n) is 7.81. The van der Waals surface area contributed by atoms with Crippen LogP contribution >= 0.6 is 0 Å². The zero-order valence-corrected chi connectivity index (χ0v) is 13.8. The molecule has 1 amide bonds. The first kappa shape index (κ1) is 18.0. The monoisotopic (exact) mass is 299 g/mol. The maximum atomic E-state index is 11.7. The minimum Gasteiger partial charge on any atom is -0.467 e.